The highest BCUT2D eigenvalue weighted by molar-refractivity contribution is 4.96. The molecular weight excluding hydrogens is 296 g/mol. The summed E-state index contributed by atoms with van der Waals surface area (Å²) in [6.45, 7) is 7.84. The number of aliphatic hydroxyl groups is 2. The van der Waals surface area contributed by atoms with E-state index in [0.717, 1.165) is 65.0 Å². The molecule has 2 aliphatic rings. The van der Waals surface area contributed by atoms with E-state index in [9.17, 15) is 0 Å². The van der Waals surface area contributed by atoms with Crippen molar-refractivity contribution in [2.75, 3.05) is 39.6 Å². The summed E-state index contributed by atoms with van der Waals surface area (Å²) in [4.78, 5) is 0. The Bertz CT molecular complexity index is 310. The van der Waals surface area contributed by atoms with E-state index in [0.29, 0.717) is 0 Å². The van der Waals surface area contributed by atoms with Crippen molar-refractivity contribution in [2.24, 2.45) is 10.8 Å². The molecule has 0 aliphatic carbocycles. The van der Waals surface area contributed by atoms with Gasteiger partial charge in [-0.3, -0.25) is 0 Å². The van der Waals surface area contributed by atoms with Crippen molar-refractivity contribution in [1.29, 1.82) is 0 Å². The van der Waals surface area contributed by atoms with Gasteiger partial charge in [0.25, 0.3) is 0 Å². The maximum Gasteiger partial charge on any atom is 0.0676 e. The number of rotatable bonds is 12. The Hall–Kier alpha value is -0.200. The Morgan fingerprint density at radius 1 is 0.870 bits per heavy atom. The van der Waals surface area contributed by atoms with E-state index < -0.39 is 0 Å². The number of ether oxygens (including phenoxy) is 3. The minimum absolute atomic E-state index is 0.120. The van der Waals surface area contributed by atoms with Gasteiger partial charge in [0.15, 0.2) is 0 Å². The van der Waals surface area contributed by atoms with Crippen LogP contribution in [-0.4, -0.2) is 62.1 Å². The molecule has 0 spiro atoms. The molecule has 0 aromatic heterocycles. The first-order valence-corrected chi connectivity index (χ1v) is 9.19. The Labute approximate surface area is 140 Å². The molecule has 0 aromatic rings. The van der Waals surface area contributed by atoms with Crippen LogP contribution in [0, 0.1) is 10.8 Å². The molecule has 2 saturated heterocycles. The first-order chi connectivity index (χ1) is 11.2. The van der Waals surface area contributed by atoms with Gasteiger partial charge in [0.1, 0.15) is 0 Å². The second-order valence-electron chi connectivity index (χ2n) is 7.26. The van der Waals surface area contributed by atoms with Gasteiger partial charge >= 0.3 is 0 Å². The van der Waals surface area contributed by atoms with Crippen LogP contribution in [-0.2, 0) is 14.2 Å². The standard InChI is InChI=1S/C18H34O5/c1-3-17(13-22-15(17)7-5-9-19)11-21-12-18(4-2)14-23-16(18)8-6-10-20/h15-16,19-20H,3-14H2,1-2H3. The SMILES string of the molecule is CCC1(COCC2(CC)COC2CCCO)COC1CCCO. The number of aliphatic hydroxyl groups excluding tert-OH is 2. The van der Waals surface area contributed by atoms with Crippen molar-refractivity contribution in [2.45, 2.75) is 64.6 Å². The molecule has 0 bridgehead atoms. The summed E-state index contributed by atoms with van der Waals surface area (Å²) in [6.07, 6.45) is 5.95. The molecule has 4 unspecified atom stereocenters. The van der Waals surface area contributed by atoms with Gasteiger partial charge in [-0.2, -0.15) is 0 Å². The summed E-state index contributed by atoms with van der Waals surface area (Å²) in [5.74, 6) is 0. The van der Waals surface area contributed by atoms with Crippen molar-refractivity contribution >= 4 is 0 Å². The van der Waals surface area contributed by atoms with Crippen molar-refractivity contribution in [3.63, 3.8) is 0 Å². The molecule has 2 rings (SSSR count). The third kappa shape index (κ3) is 4.07. The number of hydrogen-bond acceptors (Lipinski definition) is 5. The van der Waals surface area contributed by atoms with Gasteiger partial charge in [-0.05, 0) is 38.5 Å². The predicted molar refractivity (Wildman–Crippen MR) is 88.4 cm³/mol. The van der Waals surface area contributed by atoms with E-state index in [2.05, 4.69) is 13.8 Å². The van der Waals surface area contributed by atoms with E-state index in [-0.39, 0.29) is 36.3 Å². The summed E-state index contributed by atoms with van der Waals surface area (Å²) < 4.78 is 17.6. The van der Waals surface area contributed by atoms with E-state index in [1.807, 2.05) is 0 Å². The molecule has 23 heavy (non-hydrogen) atoms. The fourth-order valence-electron chi connectivity index (χ4n) is 3.80. The zero-order chi connectivity index (χ0) is 16.8. The summed E-state index contributed by atoms with van der Waals surface area (Å²) in [5, 5.41) is 18.0. The van der Waals surface area contributed by atoms with Gasteiger partial charge in [-0.25, -0.2) is 0 Å². The second kappa shape index (κ2) is 8.77. The lowest BCUT2D eigenvalue weighted by Crippen LogP contribution is -2.57. The lowest BCUT2D eigenvalue weighted by Gasteiger charge is -2.51. The fraction of sp³-hybridized carbons (Fsp3) is 1.00. The van der Waals surface area contributed by atoms with Crippen molar-refractivity contribution in [3.05, 3.63) is 0 Å². The highest BCUT2D eigenvalue weighted by Crippen LogP contribution is 2.44. The van der Waals surface area contributed by atoms with Crippen LogP contribution in [0.25, 0.3) is 0 Å². The molecule has 5 heteroatoms. The molecule has 0 saturated carbocycles. The third-order valence-electron chi connectivity index (χ3n) is 5.95. The molecule has 0 radical (unpaired) electrons. The van der Waals surface area contributed by atoms with Crippen LogP contribution < -0.4 is 0 Å². The van der Waals surface area contributed by atoms with Crippen LogP contribution in [0.3, 0.4) is 0 Å². The minimum atomic E-state index is 0.120. The maximum absolute atomic E-state index is 9.01. The highest BCUT2D eigenvalue weighted by Gasteiger charge is 2.49. The summed E-state index contributed by atoms with van der Waals surface area (Å²) in [6, 6.07) is 0. The monoisotopic (exact) mass is 330 g/mol. The average molecular weight is 330 g/mol. The van der Waals surface area contributed by atoms with E-state index in [1.165, 1.54) is 0 Å². The fourth-order valence-corrected chi connectivity index (χ4v) is 3.80. The second-order valence-corrected chi connectivity index (χ2v) is 7.26. The normalized spacial score (nSPS) is 36.5. The molecule has 2 N–H and O–H groups in total. The smallest absolute Gasteiger partial charge is 0.0676 e. The van der Waals surface area contributed by atoms with Crippen molar-refractivity contribution in [1.82, 2.24) is 0 Å². The molecule has 2 heterocycles. The summed E-state index contributed by atoms with van der Waals surface area (Å²) >= 11 is 0. The molecular formula is C18H34O5. The van der Waals surface area contributed by atoms with Gasteiger partial charge in [0, 0.05) is 24.0 Å². The largest absolute Gasteiger partial charge is 0.396 e. The first kappa shape index (κ1) is 19.1. The van der Waals surface area contributed by atoms with E-state index >= 15 is 0 Å². The van der Waals surface area contributed by atoms with Crippen LogP contribution >= 0.6 is 0 Å². The number of hydrogen-bond donors (Lipinski definition) is 2. The molecule has 4 atom stereocenters. The lowest BCUT2D eigenvalue weighted by atomic mass is 9.73. The summed E-state index contributed by atoms with van der Waals surface area (Å²) in [5.41, 5.74) is 0.241. The molecule has 2 fully saturated rings. The van der Waals surface area contributed by atoms with Crippen LogP contribution in [0.1, 0.15) is 52.4 Å². The summed E-state index contributed by atoms with van der Waals surface area (Å²) in [7, 11) is 0. The van der Waals surface area contributed by atoms with E-state index in [1.54, 1.807) is 0 Å². The first-order valence-electron chi connectivity index (χ1n) is 9.19. The quantitative estimate of drug-likeness (QED) is 0.574. The predicted octanol–water partition coefficient (Wildman–Crippen LogP) is 2.14. The minimum Gasteiger partial charge on any atom is -0.396 e. The molecule has 0 amide bonds. The van der Waals surface area contributed by atoms with Crippen molar-refractivity contribution < 1.29 is 24.4 Å². The van der Waals surface area contributed by atoms with Crippen LogP contribution in [0.4, 0.5) is 0 Å². The van der Waals surface area contributed by atoms with Crippen LogP contribution in [0.15, 0.2) is 0 Å². The van der Waals surface area contributed by atoms with E-state index in [4.69, 9.17) is 24.4 Å². The average Bonchev–Trinajstić information content (AvgIpc) is 2.54. The zero-order valence-corrected chi connectivity index (χ0v) is 14.8. The molecule has 5 nitrogen and oxygen atoms in total. The molecule has 136 valence electrons. The highest BCUT2D eigenvalue weighted by atomic mass is 16.5. The molecule has 0 aromatic carbocycles. The van der Waals surface area contributed by atoms with Gasteiger partial charge in [0.2, 0.25) is 0 Å². The Morgan fingerprint density at radius 3 is 1.57 bits per heavy atom. The molecule has 2 aliphatic heterocycles. The van der Waals surface area contributed by atoms with Gasteiger partial charge < -0.3 is 24.4 Å². The van der Waals surface area contributed by atoms with Crippen LogP contribution in [0.5, 0.6) is 0 Å². The van der Waals surface area contributed by atoms with Gasteiger partial charge in [0.05, 0.1) is 38.6 Å². The Morgan fingerprint density at radius 2 is 1.30 bits per heavy atom. The van der Waals surface area contributed by atoms with Crippen LogP contribution in [0.2, 0.25) is 0 Å². The topological polar surface area (TPSA) is 68.2 Å². The lowest BCUT2D eigenvalue weighted by molar-refractivity contribution is -0.246. The van der Waals surface area contributed by atoms with Gasteiger partial charge in [-0.1, -0.05) is 13.8 Å². The van der Waals surface area contributed by atoms with Gasteiger partial charge in [-0.15, -0.1) is 0 Å². The zero-order valence-electron chi connectivity index (χ0n) is 14.8. The van der Waals surface area contributed by atoms with Crippen molar-refractivity contribution in [3.8, 4) is 0 Å². The Kier molecular flexibility index (Phi) is 7.29. The maximum atomic E-state index is 9.01. The third-order valence-corrected chi connectivity index (χ3v) is 5.95. The Balaban J connectivity index is 1.80.